The lowest BCUT2D eigenvalue weighted by Gasteiger charge is -2.32. The standard InChI is InChI=1S/C14H19BrN2O2/c1-10-8-17(3-2-16-10)9-11-6-12(15)14-13(7-11)18-4-5-19-14/h6-7,10,16H,2-5,8-9H2,1H3/t10-/m0/s1. The number of ether oxygens (including phenoxy) is 2. The van der Waals surface area contributed by atoms with Crippen molar-refractivity contribution in [2.45, 2.75) is 19.5 Å². The third kappa shape index (κ3) is 3.04. The molecule has 0 amide bonds. The molecule has 1 fully saturated rings. The second-order valence-electron chi connectivity index (χ2n) is 5.19. The Morgan fingerprint density at radius 2 is 2.21 bits per heavy atom. The molecule has 1 saturated heterocycles. The van der Waals surface area contributed by atoms with Gasteiger partial charge in [0.15, 0.2) is 11.5 Å². The van der Waals surface area contributed by atoms with Gasteiger partial charge in [-0.05, 0) is 40.5 Å². The first-order valence-electron chi connectivity index (χ1n) is 6.76. The van der Waals surface area contributed by atoms with Crippen molar-refractivity contribution in [2.75, 3.05) is 32.8 Å². The quantitative estimate of drug-likeness (QED) is 0.901. The van der Waals surface area contributed by atoms with Crippen molar-refractivity contribution >= 4 is 15.9 Å². The summed E-state index contributed by atoms with van der Waals surface area (Å²) < 4.78 is 12.3. The van der Waals surface area contributed by atoms with Gasteiger partial charge in [-0.1, -0.05) is 0 Å². The lowest BCUT2D eigenvalue weighted by Crippen LogP contribution is -2.48. The van der Waals surface area contributed by atoms with Crippen LogP contribution in [-0.2, 0) is 6.54 Å². The Kier molecular flexibility index (Phi) is 3.96. The van der Waals surface area contributed by atoms with Crippen molar-refractivity contribution < 1.29 is 9.47 Å². The summed E-state index contributed by atoms with van der Waals surface area (Å²) in [5, 5.41) is 3.46. The molecule has 0 radical (unpaired) electrons. The predicted octanol–water partition coefficient (Wildman–Crippen LogP) is 2.01. The monoisotopic (exact) mass is 326 g/mol. The van der Waals surface area contributed by atoms with Gasteiger partial charge in [0.05, 0.1) is 4.47 Å². The van der Waals surface area contributed by atoms with E-state index in [1.807, 2.05) is 0 Å². The highest BCUT2D eigenvalue weighted by atomic mass is 79.9. The van der Waals surface area contributed by atoms with Crippen LogP contribution in [0.1, 0.15) is 12.5 Å². The molecule has 0 aliphatic carbocycles. The molecule has 1 aromatic rings. The van der Waals surface area contributed by atoms with Crippen LogP contribution in [0.3, 0.4) is 0 Å². The summed E-state index contributed by atoms with van der Waals surface area (Å²) in [5.41, 5.74) is 1.27. The maximum atomic E-state index is 5.67. The van der Waals surface area contributed by atoms with E-state index < -0.39 is 0 Å². The number of hydrogen-bond donors (Lipinski definition) is 1. The van der Waals surface area contributed by atoms with Crippen molar-refractivity contribution in [3.8, 4) is 11.5 Å². The number of halogens is 1. The van der Waals surface area contributed by atoms with E-state index in [1.165, 1.54) is 5.56 Å². The molecule has 2 aliphatic rings. The molecule has 0 aromatic heterocycles. The van der Waals surface area contributed by atoms with Gasteiger partial charge in [-0.2, -0.15) is 0 Å². The number of nitrogens with zero attached hydrogens (tertiary/aromatic N) is 1. The van der Waals surface area contributed by atoms with Gasteiger partial charge in [-0.15, -0.1) is 0 Å². The van der Waals surface area contributed by atoms with Crippen LogP contribution in [0.4, 0.5) is 0 Å². The van der Waals surface area contributed by atoms with E-state index in [0.717, 1.165) is 42.2 Å². The highest BCUT2D eigenvalue weighted by Crippen LogP contribution is 2.38. The first kappa shape index (κ1) is 13.2. The number of nitrogens with one attached hydrogen (secondary N) is 1. The Labute approximate surface area is 122 Å². The zero-order valence-corrected chi connectivity index (χ0v) is 12.7. The fourth-order valence-electron chi connectivity index (χ4n) is 2.67. The van der Waals surface area contributed by atoms with Crippen LogP contribution >= 0.6 is 15.9 Å². The van der Waals surface area contributed by atoms with Crippen molar-refractivity contribution in [1.82, 2.24) is 10.2 Å². The second kappa shape index (κ2) is 5.69. The van der Waals surface area contributed by atoms with E-state index >= 15 is 0 Å². The fraction of sp³-hybridized carbons (Fsp3) is 0.571. The number of hydrogen-bond acceptors (Lipinski definition) is 4. The maximum Gasteiger partial charge on any atom is 0.175 e. The Morgan fingerprint density at radius 1 is 1.37 bits per heavy atom. The summed E-state index contributed by atoms with van der Waals surface area (Å²) in [6.07, 6.45) is 0. The Bertz CT molecular complexity index is 467. The van der Waals surface area contributed by atoms with E-state index in [-0.39, 0.29) is 0 Å². The van der Waals surface area contributed by atoms with E-state index in [0.29, 0.717) is 19.3 Å². The van der Waals surface area contributed by atoms with Gasteiger partial charge in [0.2, 0.25) is 0 Å². The van der Waals surface area contributed by atoms with Crippen molar-refractivity contribution in [3.63, 3.8) is 0 Å². The van der Waals surface area contributed by atoms with Crippen molar-refractivity contribution in [2.24, 2.45) is 0 Å². The molecule has 2 heterocycles. The van der Waals surface area contributed by atoms with Crippen LogP contribution < -0.4 is 14.8 Å². The molecule has 1 N–H and O–H groups in total. The number of rotatable bonds is 2. The minimum Gasteiger partial charge on any atom is -0.486 e. The van der Waals surface area contributed by atoms with E-state index in [2.05, 4.69) is 45.2 Å². The van der Waals surface area contributed by atoms with Crippen molar-refractivity contribution in [1.29, 1.82) is 0 Å². The van der Waals surface area contributed by atoms with E-state index in [9.17, 15) is 0 Å². The summed E-state index contributed by atoms with van der Waals surface area (Å²) in [6, 6.07) is 4.81. The molecule has 0 spiro atoms. The normalized spacial score (nSPS) is 23.4. The van der Waals surface area contributed by atoms with Gasteiger partial charge >= 0.3 is 0 Å². The number of piperazine rings is 1. The third-order valence-electron chi connectivity index (χ3n) is 3.52. The van der Waals surface area contributed by atoms with Crippen LogP contribution in [0, 0.1) is 0 Å². The van der Waals surface area contributed by atoms with Crippen LogP contribution in [0.25, 0.3) is 0 Å². The zero-order valence-electron chi connectivity index (χ0n) is 11.1. The third-order valence-corrected chi connectivity index (χ3v) is 4.10. The number of fused-ring (bicyclic) bond motifs is 1. The highest BCUT2D eigenvalue weighted by molar-refractivity contribution is 9.10. The molecule has 3 rings (SSSR count). The average molecular weight is 327 g/mol. The van der Waals surface area contributed by atoms with Crippen LogP contribution in [0.2, 0.25) is 0 Å². The van der Waals surface area contributed by atoms with Gasteiger partial charge < -0.3 is 14.8 Å². The van der Waals surface area contributed by atoms with Crippen LogP contribution in [0.15, 0.2) is 16.6 Å². The van der Waals surface area contributed by atoms with E-state index in [1.54, 1.807) is 0 Å². The minimum atomic E-state index is 0.564. The predicted molar refractivity (Wildman–Crippen MR) is 77.9 cm³/mol. The molecule has 0 saturated carbocycles. The van der Waals surface area contributed by atoms with Crippen molar-refractivity contribution in [3.05, 3.63) is 22.2 Å². The minimum absolute atomic E-state index is 0.564. The molecular formula is C14H19BrN2O2. The maximum absolute atomic E-state index is 5.67. The second-order valence-corrected chi connectivity index (χ2v) is 6.05. The van der Waals surface area contributed by atoms with Gasteiger partial charge in [-0.3, -0.25) is 4.90 Å². The topological polar surface area (TPSA) is 33.7 Å². The highest BCUT2D eigenvalue weighted by Gasteiger charge is 2.19. The summed E-state index contributed by atoms with van der Waals surface area (Å²) in [4.78, 5) is 2.47. The summed E-state index contributed by atoms with van der Waals surface area (Å²) in [6.45, 7) is 7.69. The Hall–Kier alpha value is -0.780. The Morgan fingerprint density at radius 3 is 3.05 bits per heavy atom. The molecule has 2 aliphatic heterocycles. The molecule has 19 heavy (non-hydrogen) atoms. The lowest BCUT2D eigenvalue weighted by atomic mass is 10.1. The fourth-order valence-corrected chi connectivity index (χ4v) is 3.27. The SMILES string of the molecule is C[C@H]1CN(Cc2cc(Br)c3c(c2)OCCO3)CCN1. The van der Waals surface area contributed by atoms with Crippen LogP contribution in [0.5, 0.6) is 11.5 Å². The molecule has 5 heteroatoms. The van der Waals surface area contributed by atoms with Gasteiger partial charge in [0, 0.05) is 32.2 Å². The molecular weight excluding hydrogens is 308 g/mol. The summed E-state index contributed by atoms with van der Waals surface area (Å²) in [7, 11) is 0. The molecule has 1 aromatic carbocycles. The first-order valence-corrected chi connectivity index (χ1v) is 7.55. The van der Waals surface area contributed by atoms with Crippen LogP contribution in [-0.4, -0.2) is 43.8 Å². The molecule has 0 bridgehead atoms. The zero-order chi connectivity index (χ0) is 13.2. The smallest absolute Gasteiger partial charge is 0.175 e. The Balaban J connectivity index is 1.76. The molecule has 4 nitrogen and oxygen atoms in total. The van der Waals surface area contributed by atoms with E-state index in [4.69, 9.17) is 9.47 Å². The summed E-state index contributed by atoms with van der Waals surface area (Å²) >= 11 is 3.57. The summed E-state index contributed by atoms with van der Waals surface area (Å²) in [5.74, 6) is 1.70. The van der Waals surface area contributed by atoms with Gasteiger partial charge in [-0.25, -0.2) is 0 Å². The number of benzene rings is 1. The van der Waals surface area contributed by atoms with Gasteiger partial charge in [0.25, 0.3) is 0 Å². The molecule has 0 unspecified atom stereocenters. The molecule has 104 valence electrons. The molecule has 1 atom stereocenters. The lowest BCUT2D eigenvalue weighted by molar-refractivity contribution is 0.169. The average Bonchev–Trinajstić information content (AvgIpc) is 2.39. The van der Waals surface area contributed by atoms with Gasteiger partial charge in [0.1, 0.15) is 13.2 Å². The largest absolute Gasteiger partial charge is 0.486 e. The first-order chi connectivity index (χ1) is 9.22.